The molecule has 1 aromatic heterocycles. The zero-order chi connectivity index (χ0) is 30.9. The molecule has 2 N–H and O–H groups in total. The fraction of sp³-hybridized carbons (Fsp3) is 0.152. The van der Waals surface area contributed by atoms with Crippen LogP contribution >= 0.6 is 23.2 Å². The maximum absolute atomic E-state index is 12.9. The number of carbonyl (C=O) groups excluding carboxylic acids is 3. The van der Waals surface area contributed by atoms with E-state index in [1.54, 1.807) is 55.6 Å². The van der Waals surface area contributed by atoms with E-state index in [2.05, 4.69) is 22.2 Å². The summed E-state index contributed by atoms with van der Waals surface area (Å²) < 4.78 is 6.07. The molecule has 0 aliphatic carbocycles. The van der Waals surface area contributed by atoms with E-state index in [9.17, 15) is 14.4 Å². The second-order valence-corrected chi connectivity index (χ2v) is 10.3. The van der Waals surface area contributed by atoms with Crippen LogP contribution in [0.5, 0.6) is 5.75 Å². The molecule has 0 spiro atoms. The fourth-order valence-corrected chi connectivity index (χ4v) is 4.73. The van der Waals surface area contributed by atoms with Crippen LogP contribution in [-0.2, 0) is 16.2 Å². The number of nitrogens with one attached hydrogen (secondary N) is 2. The zero-order valence-corrected chi connectivity index (χ0v) is 25.2. The van der Waals surface area contributed by atoms with Gasteiger partial charge in [-0.15, -0.1) is 6.58 Å². The number of rotatable bonds is 11. The minimum absolute atomic E-state index is 0.0598. The number of hydrogen-bond donors (Lipinski definition) is 2. The number of likely N-dealkylation sites (N-methyl/N-ethyl adjacent to an activating group) is 1. The first-order valence-electron chi connectivity index (χ1n) is 13.4. The van der Waals surface area contributed by atoms with Gasteiger partial charge in [-0.1, -0.05) is 59.6 Å². The second-order valence-electron chi connectivity index (χ2n) is 9.55. The Balaban J connectivity index is 1.36. The number of halogens is 2. The predicted molar refractivity (Wildman–Crippen MR) is 172 cm³/mol. The third-order valence-corrected chi connectivity index (χ3v) is 7.29. The van der Waals surface area contributed by atoms with E-state index in [4.69, 9.17) is 27.9 Å². The number of anilines is 1. The molecule has 0 atom stereocenters. The molecule has 10 heteroatoms. The van der Waals surface area contributed by atoms with Crippen molar-refractivity contribution in [2.45, 2.75) is 13.5 Å². The Bertz CT molecular complexity index is 1700. The number of fused-ring (bicyclic) bond motifs is 1. The summed E-state index contributed by atoms with van der Waals surface area (Å²) in [6, 6.07) is 19.6. The summed E-state index contributed by atoms with van der Waals surface area (Å²) in [7, 11) is 1.56. The van der Waals surface area contributed by atoms with Gasteiger partial charge in [-0.3, -0.25) is 14.4 Å². The molecule has 4 rings (SSSR count). The van der Waals surface area contributed by atoms with Crippen LogP contribution < -0.4 is 20.3 Å². The first-order valence-corrected chi connectivity index (χ1v) is 14.1. The average Bonchev–Trinajstić information content (AvgIpc) is 3.01. The van der Waals surface area contributed by atoms with Crippen molar-refractivity contribution >= 4 is 63.6 Å². The summed E-state index contributed by atoms with van der Waals surface area (Å²) in [4.78, 5) is 43.2. The topological polar surface area (TPSA) is 101 Å². The van der Waals surface area contributed by atoms with Crippen molar-refractivity contribution in [2.24, 2.45) is 0 Å². The van der Waals surface area contributed by atoms with Crippen LogP contribution in [0, 0.1) is 6.92 Å². The quantitative estimate of drug-likeness (QED) is 0.156. The standard InChI is InChI=1S/C33H30Cl2N4O4/c1-4-18-36-33(42)24-13-9-22(10-14-24)11-17-29(40)37-19-30(41)39(3)27-16-15-26(34)25(31(27)35)20-43-28-7-5-6-23-12-8-21(2)38-32(23)28/h4-17H,1,18-20H2,2-3H3,(H,36,42)(H,37,40)/b17-11+. The van der Waals surface area contributed by atoms with E-state index in [1.807, 2.05) is 37.3 Å². The lowest BCUT2D eigenvalue weighted by molar-refractivity contribution is -0.122. The van der Waals surface area contributed by atoms with E-state index in [-0.39, 0.29) is 30.0 Å². The van der Waals surface area contributed by atoms with E-state index in [1.165, 1.54) is 11.0 Å². The van der Waals surface area contributed by atoms with Gasteiger partial charge < -0.3 is 20.3 Å². The number of pyridine rings is 1. The molecule has 0 aliphatic heterocycles. The van der Waals surface area contributed by atoms with Gasteiger partial charge in [-0.2, -0.15) is 0 Å². The molecule has 3 amide bonds. The Labute approximate surface area is 260 Å². The number of ether oxygens (including phenoxy) is 1. The van der Waals surface area contributed by atoms with Gasteiger partial charge in [0.05, 0.1) is 17.3 Å². The van der Waals surface area contributed by atoms with Gasteiger partial charge >= 0.3 is 0 Å². The largest absolute Gasteiger partial charge is 0.487 e. The molecule has 43 heavy (non-hydrogen) atoms. The molecule has 1 heterocycles. The highest BCUT2D eigenvalue weighted by atomic mass is 35.5. The minimum Gasteiger partial charge on any atom is -0.487 e. The number of aromatic nitrogens is 1. The molecule has 0 saturated carbocycles. The first-order chi connectivity index (χ1) is 20.7. The van der Waals surface area contributed by atoms with Crippen LogP contribution in [0.2, 0.25) is 10.0 Å². The van der Waals surface area contributed by atoms with Gasteiger partial charge in [0.2, 0.25) is 11.8 Å². The molecule has 220 valence electrons. The molecule has 0 fully saturated rings. The first kappa shape index (κ1) is 31.3. The number of benzene rings is 3. The molecule has 3 aromatic carbocycles. The van der Waals surface area contributed by atoms with Gasteiger partial charge in [0.1, 0.15) is 17.9 Å². The molecular formula is C33H30Cl2N4O4. The Morgan fingerprint density at radius 3 is 2.51 bits per heavy atom. The van der Waals surface area contributed by atoms with Crippen molar-refractivity contribution < 1.29 is 19.1 Å². The molecule has 0 unspecified atom stereocenters. The number of nitrogens with zero attached hydrogens (tertiary/aromatic N) is 2. The van der Waals surface area contributed by atoms with Crippen molar-refractivity contribution in [1.82, 2.24) is 15.6 Å². The zero-order valence-electron chi connectivity index (χ0n) is 23.7. The normalized spacial score (nSPS) is 10.9. The van der Waals surface area contributed by atoms with Gasteiger partial charge in [-0.05, 0) is 55.0 Å². The summed E-state index contributed by atoms with van der Waals surface area (Å²) >= 11 is 13.2. The third kappa shape index (κ3) is 8.00. The summed E-state index contributed by atoms with van der Waals surface area (Å²) in [5.74, 6) is -0.469. The number of aryl methyl sites for hydroxylation is 1. The van der Waals surface area contributed by atoms with Crippen LogP contribution in [0.1, 0.15) is 27.2 Å². The predicted octanol–water partition coefficient (Wildman–Crippen LogP) is 6.14. The summed E-state index contributed by atoms with van der Waals surface area (Å²) in [6.07, 6.45) is 4.50. The number of para-hydroxylation sites is 1. The number of hydrogen-bond acceptors (Lipinski definition) is 5. The van der Waals surface area contributed by atoms with E-state index in [0.29, 0.717) is 34.1 Å². The van der Waals surface area contributed by atoms with Crippen molar-refractivity contribution in [3.8, 4) is 5.75 Å². The minimum atomic E-state index is -0.454. The Kier molecular flexibility index (Phi) is 10.5. The van der Waals surface area contributed by atoms with Gasteiger partial charge in [-0.25, -0.2) is 4.98 Å². The van der Waals surface area contributed by atoms with E-state index >= 15 is 0 Å². The van der Waals surface area contributed by atoms with Gasteiger partial charge in [0.25, 0.3) is 5.91 Å². The second kappa shape index (κ2) is 14.5. The lowest BCUT2D eigenvalue weighted by Gasteiger charge is -2.21. The molecule has 8 nitrogen and oxygen atoms in total. The van der Waals surface area contributed by atoms with Crippen molar-refractivity contribution in [3.05, 3.63) is 118 Å². The molecule has 0 bridgehead atoms. The number of amides is 3. The highest BCUT2D eigenvalue weighted by Gasteiger charge is 2.19. The highest BCUT2D eigenvalue weighted by molar-refractivity contribution is 6.38. The molecule has 0 aliphatic rings. The number of carbonyl (C=O) groups is 3. The van der Waals surface area contributed by atoms with E-state index < -0.39 is 5.91 Å². The van der Waals surface area contributed by atoms with Crippen molar-refractivity contribution in [3.63, 3.8) is 0 Å². The van der Waals surface area contributed by atoms with Crippen LogP contribution in [0.3, 0.4) is 0 Å². The molecule has 0 radical (unpaired) electrons. The molecule has 4 aromatic rings. The smallest absolute Gasteiger partial charge is 0.251 e. The van der Waals surface area contributed by atoms with Crippen LogP contribution in [0.4, 0.5) is 5.69 Å². The van der Waals surface area contributed by atoms with Crippen LogP contribution in [-0.4, -0.2) is 42.8 Å². The highest BCUT2D eigenvalue weighted by Crippen LogP contribution is 2.35. The van der Waals surface area contributed by atoms with Gasteiger partial charge in [0, 0.05) is 46.9 Å². The summed E-state index contributed by atoms with van der Waals surface area (Å²) in [5.41, 5.74) is 3.74. The third-order valence-electron chi connectivity index (χ3n) is 6.52. The Morgan fingerprint density at radius 2 is 1.77 bits per heavy atom. The lowest BCUT2D eigenvalue weighted by atomic mass is 10.1. The average molecular weight is 618 g/mol. The maximum Gasteiger partial charge on any atom is 0.251 e. The van der Waals surface area contributed by atoms with Crippen molar-refractivity contribution in [1.29, 1.82) is 0 Å². The van der Waals surface area contributed by atoms with Crippen LogP contribution in [0.25, 0.3) is 17.0 Å². The molecular weight excluding hydrogens is 587 g/mol. The Hall–Kier alpha value is -4.66. The maximum atomic E-state index is 12.9. The summed E-state index contributed by atoms with van der Waals surface area (Å²) in [6.45, 7) is 5.65. The summed E-state index contributed by atoms with van der Waals surface area (Å²) in [5, 5.41) is 6.87. The molecule has 0 saturated heterocycles. The van der Waals surface area contributed by atoms with E-state index in [0.717, 1.165) is 22.2 Å². The van der Waals surface area contributed by atoms with Crippen LogP contribution in [0.15, 0.2) is 85.5 Å². The van der Waals surface area contributed by atoms with Crippen molar-refractivity contribution in [2.75, 3.05) is 25.0 Å². The Morgan fingerprint density at radius 1 is 1.00 bits per heavy atom. The SMILES string of the molecule is C=CCNC(=O)c1ccc(/C=C/C(=O)NCC(=O)N(C)c2ccc(Cl)c(COc3cccc4ccc(C)nc34)c2Cl)cc1. The lowest BCUT2D eigenvalue weighted by Crippen LogP contribution is -2.37. The fourth-order valence-electron chi connectivity index (χ4n) is 4.12. The van der Waals surface area contributed by atoms with Gasteiger partial charge in [0.15, 0.2) is 0 Å². The monoisotopic (exact) mass is 616 g/mol.